The van der Waals surface area contributed by atoms with E-state index in [1.54, 1.807) is 24.3 Å². The van der Waals surface area contributed by atoms with E-state index in [1.807, 2.05) is 0 Å². The van der Waals surface area contributed by atoms with Crippen molar-refractivity contribution < 1.29 is 22.3 Å². The molecule has 0 bridgehead atoms. The maximum absolute atomic E-state index is 11.7. The predicted molar refractivity (Wildman–Crippen MR) is 53.0 cm³/mol. The topological polar surface area (TPSA) is 80.8 Å². The van der Waals surface area contributed by atoms with Crippen LogP contribution in [0.25, 0.3) is 0 Å². The van der Waals surface area contributed by atoms with Crippen LogP contribution in [-0.4, -0.2) is 31.6 Å². The van der Waals surface area contributed by atoms with E-state index in [0.717, 1.165) is 6.26 Å². The fourth-order valence-corrected chi connectivity index (χ4v) is 2.08. The molecule has 6 nitrogen and oxygen atoms in total. The van der Waals surface area contributed by atoms with E-state index >= 15 is 0 Å². The van der Waals surface area contributed by atoms with Crippen LogP contribution in [-0.2, 0) is 24.0 Å². The first kappa shape index (κ1) is 11.0. The molecule has 0 saturated carbocycles. The summed E-state index contributed by atoms with van der Waals surface area (Å²) in [5, 5.41) is 0.324. The summed E-state index contributed by atoms with van der Waals surface area (Å²) in [5.41, 5.74) is 0. The van der Waals surface area contributed by atoms with Crippen molar-refractivity contribution in [3.63, 3.8) is 0 Å². The molecule has 2 rings (SSSR count). The minimum atomic E-state index is -3.88. The minimum absolute atomic E-state index is 0.324. The van der Waals surface area contributed by atoms with Gasteiger partial charge in [0.05, 0.1) is 18.1 Å². The van der Waals surface area contributed by atoms with Crippen molar-refractivity contribution in [2.45, 2.75) is 0 Å². The summed E-state index contributed by atoms with van der Waals surface area (Å²) in [4.78, 5) is 23.3. The summed E-state index contributed by atoms with van der Waals surface area (Å²) >= 11 is 0. The van der Waals surface area contributed by atoms with Crippen molar-refractivity contribution in [1.82, 2.24) is 5.06 Å². The number of hydrogen-bond donors (Lipinski definition) is 0. The maximum Gasteiger partial charge on any atom is 0.285 e. The lowest BCUT2D eigenvalue weighted by Gasteiger charge is -2.10. The molecule has 1 heterocycles. The molecular weight excluding hydrogens is 234 g/mol. The Morgan fingerprint density at radius 3 is 1.94 bits per heavy atom. The SMILES string of the molecule is CS(=O)(=O)ON1C(=O)C2C=CC=CC2C1=O. The van der Waals surface area contributed by atoms with Crippen molar-refractivity contribution in [2.75, 3.05) is 6.26 Å². The van der Waals surface area contributed by atoms with Crippen molar-refractivity contribution in [3.8, 4) is 0 Å². The first-order chi connectivity index (χ1) is 7.40. The molecule has 1 aliphatic carbocycles. The van der Waals surface area contributed by atoms with Crippen LogP contribution in [0.15, 0.2) is 24.3 Å². The summed E-state index contributed by atoms with van der Waals surface area (Å²) in [5.74, 6) is -2.61. The number of hydroxylamine groups is 2. The van der Waals surface area contributed by atoms with Gasteiger partial charge in [-0.05, 0) is 0 Å². The van der Waals surface area contributed by atoms with Crippen molar-refractivity contribution in [1.29, 1.82) is 0 Å². The lowest BCUT2D eigenvalue weighted by atomic mass is 9.91. The molecule has 86 valence electrons. The molecule has 16 heavy (non-hydrogen) atoms. The van der Waals surface area contributed by atoms with Gasteiger partial charge in [0, 0.05) is 0 Å². The van der Waals surface area contributed by atoms with E-state index in [1.165, 1.54) is 0 Å². The fraction of sp³-hybridized carbons (Fsp3) is 0.333. The minimum Gasteiger partial charge on any atom is -0.271 e. The number of nitrogens with zero attached hydrogens (tertiary/aromatic N) is 1. The first-order valence-electron chi connectivity index (χ1n) is 4.52. The molecule has 0 aromatic heterocycles. The first-order valence-corrected chi connectivity index (χ1v) is 6.34. The molecule has 1 aliphatic heterocycles. The Hall–Kier alpha value is -1.47. The van der Waals surface area contributed by atoms with Crippen LogP contribution in [0.2, 0.25) is 0 Å². The smallest absolute Gasteiger partial charge is 0.271 e. The Morgan fingerprint density at radius 1 is 1.12 bits per heavy atom. The summed E-state index contributed by atoms with van der Waals surface area (Å²) < 4.78 is 26.1. The van der Waals surface area contributed by atoms with Crippen LogP contribution in [0.5, 0.6) is 0 Å². The molecule has 0 aromatic carbocycles. The third-order valence-electron chi connectivity index (χ3n) is 2.32. The van der Waals surface area contributed by atoms with Gasteiger partial charge in [-0.2, -0.15) is 8.42 Å². The zero-order chi connectivity index (χ0) is 11.9. The Bertz CT molecular complexity index is 474. The number of amides is 2. The van der Waals surface area contributed by atoms with Gasteiger partial charge < -0.3 is 0 Å². The van der Waals surface area contributed by atoms with Crippen LogP contribution in [0, 0.1) is 11.8 Å². The second kappa shape index (κ2) is 3.53. The molecule has 0 radical (unpaired) electrons. The number of carbonyl (C=O) groups is 2. The van der Waals surface area contributed by atoms with E-state index in [-0.39, 0.29) is 0 Å². The maximum atomic E-state index is 11.7. The standard InChI is InChI=1S/C9H9NO5S/c1-16(13,14)15-10-8(11)6-4-2-3-5-7(6)9(10)12/h2-7H,1H3. The molecule has 1 fully saturated rings. The average Bonchev–Trinajstić information content (AvgIpc) is 2.43. The van der Waals surface area contributed by atoms with Gasteiger partial charge in [-0.15, -0.1) is 9.35 Å². The Labute approximate surface area is 92.3 Å². The highest BCUT2D eigenvalue weighted by molar-refractivity contribution is 7.85. The molecule has 0 aromatic rings. The van der Waals surface area contributed by atoms with Crippen molar-refractivity contribution >= 4 is 21.9 Å². The number of imide groups is 1. The van der Waals surface area contributed by atoms with Crippen LogP contribution in [0.3, 0.4) is 0 Å². The fourth-order valence-electron chi connectivity index (χ4n) is 1.67. The van der Waals surface area contributed by atoms with Crippen molar-refractivity contribution in [3.05, 3.63) is 24.3 Å². The summed E-state index contributed by atoms with van der Waals surface area (Å²) in [6.45, 7) is 0. The highest BCUT2D eigenvalue weighted by atomic mass is 32.2. The van der Waals surface area contributed by atoms with Gasteiger partial charge in [0.1, 0.15) is 0 Å². The summed E-state index contributed by atoms with van der Waals surface area (Å²) in [6.07, 6.45) is 7.15. The van der Waals surface area contributed by atoms with Crippen LogP contribution < -0.4 is 0 Å². The Morgan fingerprint density at radius 2 is 1.56 bits per heavy atom. The Kier molecular flexibility index (Phi) is 2.43. The van der Waals surface area contributed by atoms with E-state index in [0.29, 0.717) is 5.06 Å². The monoisotopic (exact) mass is 243 g/mol. The average molecular weight is 243 g/mol. The van der Waals surface area contributed by atoms with E-state index < -0.39 is 33.8 Å². The second-order valence-corrected chi connectivity index (χ2v) is 5.13. The summed E-state index contributed by atoms with van der Waals surface area (Å²) in [6, 6.07) is 0. The van der Waals surface area contributed by atoms with Crippen LogP contribution in [0.1, 0.15) is 0 Å². The van der Waals surface area contributed by atoms with Gasteiger partial charge in [-0.1, -0.05) is 24.3 Å². The predicted octanol–water partition coefficient (Wildman–Crippen LogP) is -0.395. The lowest BCUT2D eigenvalue weighted by molar-refractivity contribution is -0.164. The number of fused-ring (bicyclic) bond motifs is 1. The summed E-state index contributed by atoms with van der Waals surface area (Å²) in [7, 11) is -3.88. The van der Waals surface area contributed by atoms with Crippen LogP contribution in [0.4, 0.5) is 0 Å². The molecule has 7 heteroatoms. The molecule has 2 aliphatic rings. The van der Waals surface area contributed by atoms with Crippen molar-refractivity contribution in [2.24, 2.45) is 11.8 Å². The van der Waals surface area contributed by atoms with Gasteiger partial charge in [0.25, 0.3) is 21.9 Å². The molecule has 0 spiro atoms. The Balaban J connectivity index is 2.30. The molecular formula is C9H9NO5S. The number of rotatable bonds is 2. The molecule has 2 unspecified atom stereocenters. The van der Waals surface area contributed by atoms with Gasteiger partial charge >= 0.3 is 0 Å². The number of allylic oxidation sites excluding steroid dienone is 2. The molecule has 2 atom stereocenters. The van der Waals surface area contributed by atoms with Gasteiger partial charge in [0.2, 0.25) is 0 Å². The van der Waals surface area contributed by atoms with E-state index in [9.17, 15) is 18.0 Å². The largest absolute Gasteiger partial charge is 0.285 e. The highest BCUT2D eigenvalue weighted by Crippen LogP contribution is 2.31. The van der Waals surface area contributed by atoms with Gasteiger partial charge in [-0.3, -0.25) is 9.59 Å². The number of carbonyl (C=O) groups excluding carboxylic acids is 2. The lowest BCUT2D eigenvalue weighted by Crippen LogP contribution is -2.33. The molecule has 0 N–H and O–H groups in total. The molecule has 1 saturated heterocycles. The number of hydrogen-bond acceptors (Lipinski definition) is 5. The van der Waals surface area contributed by atoms with Gasteiger partial charge in [-0.25, -0.2) is 0 Å². The second-order valence-electron chi connectivity index (χ2n) is 3.57. The van der Waals surface area contributed by atoms with Gasteiger partial charge in [0.15, 0.2) is 0 Å². The highest BCUT2D eigenvalue weighted by Gasteiger charge is 2.48. The quantitative estimate of drug-likeness (QED) is 0.617. The zero-order valence-electron chi connectivity index (χ0n) is 8.36. The molecule has 2 amide bonds. The van der Waals surface area contributed by atoms with Crippen LogP contribution >= 0.6 is 0 Å². The zero-order valence-corrected chi connectivity index (χ0v) is 9.18. The normalized spacial score (nSPS) is 28.7. The third-order valence-corrected chi connectivity index (χ3v) is 2.74. The van der Waals surface area contributed by atoms with E-state index in [4.69, 9.17) is 0 Å². The van der Waals surface area contributed by atoms with E-state index in [2.05, 4.69) is 4.28 Å². The third kappa shape index (κ3) is 1.79.